The average Bonchev–Trinajstić information content (AvgIpc) is 3.81. The Morgan fingerprint density at radius 2 is 1.33 bits per heavy atom. The van der Waals surface area contributed by atoms with Crippen molar-refractivity contribution in [3.05, 3.63) is 146 Å². The third kappa shape index (κ3) is 4.14. The van der Waals surface area contributed by atoms with Gasteiger partial charge in [-0.05, 0) is 59.3 Å². The summed E-state index contributed by atoms with van der Waals surface area (Å²) in [7, 11) is 0. The zero-order valence-electron chi connectivity index (χ0n) is 25.6. The Morgan fingerprint density at radius 3 is 2.20 bits per heavy atom. The summed E-state index contributed by atoms with van der Waals surface area (Å²) in [4.78, 5) is 9.80. The Kier molecular flexibility index (Phi) is 6.22. The summed E-state index contributed by atoms with van der Waals surface area (Å²) in [6.07, 6.45) is 1.82. The molecule has 0 saturated carbocycles. The van der Waals surface area contributed by atoms with Gasteiger partial charge in [0, 0.05) is 48.9 Å². The normalized spacial score (nSPS) is 11.9. The van der Waals surface area contributed by atoms with Crippen molar-refractivity contribution in [3.8, 4) is 17.3 Å². The summed E-state index contributed by atoms with van der Waals surface area (Å²) in [5, 5.41) is 7.95. The van der Waals surface area contributed by atoms with Crippen LogP contribution in [0.15, 0.2) is 134 Å². The van der Waals surface area contributed by atoms with Crippen molar-refractivity contribution in [2.45, 2.75) is 0 Å². The van der Waals surface area contributed by atoms with Crippen LogP contribution in [0.4, 0.5) is 0 Å². The molecule has 0 fully saturated rings. The molecule has 0 aliphatic rings. The zero-order chi connectivity index (χ0) is 31.3. The van der Waals surface area contributed by atoms with E-state index in [4.69, 9.17) is 9.72 Å². The molecule has 49 heavy (non-hydrogen) atoms. The first kappa shape index (κ1) is 28.4. The molecule has 0 spiro atoms. The minimum Gasteiger partial charge on any atom is -0.503 e. The van der Waals surface area contributed by atoms with Crippen LogP contribution >= 0.6 is 11.3 Å². The van der Waals surface area contributed by atoms with Gasteiger partial charge in [-0.3, -0.25) is 4.98 Å². The van der Waals surface area contributed by atoms with Crippen LogP contribution in [0.25, 0.3) is 86.2 Å². The predicted octanol–water partition coefficient (Wildman–Crippen LogP) is 11.0. The average molecular weight is 737 g/mol. The van der Waals surface area contributed by atoms with Crippen LogP contribution in [-0.4, -0.2) is 18.9 Å². The van der Waals surface area contributed by atoms with E-state index in [1.807, 2.05) is 53.9 Å². The van der Waals surface area contributed by atoms with E-state index in [9.17, 15) is 0 Å². The smallest absolute Gasteiger partial charge is 0.503 e. The second-order valence-electron chi connectivity index (χ2n) is 12.1. The molecule has 0 aliphatic carbocycles. The van der Waals surface area contributed by atoms with Gasteiger partial charge < -0.3 is 13.7 Å². The predicted molar refractivity (Wildman–Crippen MR) is 197 cm³/mol. The first-order valence-electron chi connectivity index (χ1n) is 15.8. The molecule has 0 N–H and O–H groups in total. The van der Waals surface area contributed by atoms with Crippen LogP contribution in [0.3, 0.4) is 0 Å². The van der Waals surface area contributed by atoms with Gasteiger partial charge in [0.1, 0.15) is 5.82 Å². The van der Waals surface area contributed by atoms with Gasteiger partial charge in [-0.25, -0.2) is 4.98 Å². The monoisotopic (exact) mass is 736 g/mol. The molecule has 0 amide bonds. The van der Waals surface area contributed by atoms with E-state index in [0.29, 0.717) is 11.5 Å². The first-order valence-corrected chi connectivity index (χ1v) is 16.7. The summed E-state index contributed by atoms with van der Waals surface area (Å²) in [5.41, 5.74) is 5.99. The van der Waals surface area contributed by atoms with E-state index in [2.05, 4.69) is 117 Å². The van der Waals surface area contributed by atoms with Crippen LogP contribution in [0.5, 0.6) is 11.5 Å². The van der Waals surface area contributed by atoms with Crippen molar-refractivity contribution >= 4 is 91.7 Å². The summed E-state index contributed by atoms with van der Waals surface area (Å²) in [6.45, 7) is 0. The molecule has 7 heteroatoms. The van der Waals surface area contributed by atoms with Gasteiger partial charge in [-0.2, -0.15) is 6.07 Å². The van der Waals surface area contributed by atoms with Crippen LogP contribution in [0.2, 0.25) is 0 Å². The van der Waals surface area contributed by atoms with Gasteiger partial charge in [0.25, 0.3) is 0 Å². The molecule has 0 radical (unpaired) electrons. The van der Waals surface area contributed by atoms with Crippen LogP contribution in [0.1, 0.15) is 0 Å². The molecule has 232 valence electrons. The molecule has 5 heterocycles. The number of imidazole rings is 1. The summed E-state index contributed by atoms with van der Waals surface area (Å²) >= 11 is 1.83. The third-order valence-electron chi connectivity index (χ3n) is 9.38. The van der Waals surface area contributed by atoms with Crippen molar-refractivity contribution in [2.75, 3.05) is 0 Å². The Balaban J connectivity index is 0.00000306. The van der Waals surface area contributed by atoms with E-state index in [1.54, 1.807) is 0 Å². The fraction of sp³-hybridized carbons (Fsp3) is 0. The van der Waals surface area contributed by atoms with Crippen LogP contribution in [-0.2, 0) is 20.4 Å². The fourth-order valence-corrected chi connectivity index (χ4v) is 8.44. The van der Waals surface area contributed by atoms with Crippen molar-refractivity contribution in [1.29, 1.82) is 0 Å². The molecular formula is C42H22N4OPdS. The standard InChI is InChI=1S/C42H22N4OS.Pd/c1-4-12-35-28(9-1)29-19-17-26(22-37(29)45(35)41-15-7-8-20-43-41)47-25-16-18-27-31-24-40-32(30-10-2-6-14-39(30)48-40)23-38(31)46-36-13-5-3-11-34(36)44-42(46)33(27)21-25;/h1-20,23-24H;/q-2;+2. The van der Waals surface area contributed by atoms with E-state index in [-0.39, 0.29) is 20.4 Å². The van der Waals surface area contributed by atoms with Crippen LogP contribution in [0, 0.1) is 12.1 Å². The molecule has 0 saturated heterocycles. The molecule has 0 bridgehead atoms. The number of pyridine rings is 2. The van der Waals surface area contributed by atoms with Crippen molar-refractivity contribution in [1.82, 2.24) is 18.9 Å². The number of hydrogen-bond donors (Lipinski definition) is 0. The quantitative estimate of drug-likeness (QED) is 0.103. The number of thiophene rings is 1. The largest absolute Gasteiger partial charge is 2.00 e. The summed E-state index contributed by atoms with van der Waals surface area (Å²) in [6, 6.07) is 51.4. The molecule has 11 rings (SSSR count). The molecular weight excluding hydrogens is 715 g/mol. The second-order valence-corrected chi connectivity index (χ2v) is 13.1. The van der Waals surface area contributed by atoms with Gasteiger partial charge in [0.15, 0.2) is 0 Å². The second kappa shape index (κ2) is 10.7. The Morgan fingerprint density at radius 1 is 0.571 bits per heavy atom. The third-order valence-corrected chi connectivity index (χ3v) is 10.5. The maximum absolute atomic E-state index is 6.55. The van der Waals surface area contributed by atoms with Crippen molar-refractivity contribution < 1.29 is 25.2 Å². The van der Waals surface area contributed by atoms with E-state index >= 15 is 0 Å². The van der Waals surface area contributed by atoms with Gasteiger partial charge in [-0.15, -0.1) is 41.0 Å². The summed E-state index contributed by atoms with van der Waals surface area (Å²) < 4.78 is 13.5. The molecule has 6 aromatic carbocycles. The number of ether oxygens (including phenoxy) is 1. The van der Waals surface area contributed by atoms with E-state index in [1.165, 1.54) is 20.2 Å². The first-order chi connectivity index (χ1) is 23.8. The summed E-state index contributed by atoms with van der Waals surface area (Å²) in [5.74, 6) is 2.05. The molecule has 0 atom stereocenters. The maximum Gasteiger partial charge on any atom is 2.00 e. The van der Waals surface area contributed by atoms with E-state index in [0.717, 1.165) is 66.0 Å². The number of fused-ring (bicyclic) bond motifs is 14. The molecule has 0 aliphatic heterocycles. The molecule has 5 aromatic heterocycles. The number of nitrogens with zero attached hydrogens (tertiary/aromatic N) is 4. The topological polar surface area (TPSA) is 44.3 Å². The van der Waals surface area contributed by atoms with Crippen LogP contribution < -0.4 is 4.74 Å². The number of benzene rings is 6. The Labute approximate surface area is 297 Å². The number of hydrogen-bond acceptors (Lipinski definition) is 4. The van der Waals surface area contributed by atoms with Crippen molar-refractivity contribution in [2.24, 2.45) is 0 Å². The number of rotatable bonds is 3. The molecule has 11 aromatic rings. The fourth-order valence-electron chi connectivity index (χ4n) is 7.31. The zero-order valence-corrected chi connectivity index (χ0v) is 28.0. The molecule has 5 nitrogen and oxygen atoms in total. The Bertz CT molecular complexity index is 3110. The van der Waals surface area contributed by atoms with Gasteiger partial charge in [-0.1, -0.05) is 77.0 Å². The maximum atomic E-state index is 6.55. The molecule has 0 unspecified atom stereocenters. The Hall–Kier alpha value is -5.58. The van der Waals surface area contributed by atoms with Gasteiger partial charge >= 0.3 is 20.4 Å². The minimum atomic E-state index is 0. The van der Waals surface area contributed by atoms with Gasteiger partial charge in [0.2, 0.25) is 0 Å². The van der Waals surface area contributed by atoms with E-state index < -0.39 is 0 Å². The minimum absolute atomic E-state index is 0. The number of para-hydroxylation sites is 3. The van der Waals surface area contributed by atoms with Gasteiger partial charge in [0.05, 0.1) is 16.7 Å². The number of aromatic nitrogens is 4. The van der Waals surface area contributed by atoms with Crippen molar-refractivity contribution in [3.63, 3.8) is 0 Å². The SMILES string of the molecule is [Pd+2].[c-]1c(Oc2[c-]c3c(cc2)c2ccccc2n3-c2ccccn2)ccc2c1c1nc3ccccc3n1c1cc3c(cc21)sc1ccccc13.